The molecule has 0 saturated carbocycles. The number of nitrogens with zero attached hydrogens (tertiary/aromatic N) is 2. The molecular formula is C15H25IN4O2S2. The van der Waals surface area contributed by atoms with Gasteiger partial charge < -0.3 is 10.6 Å². The maximum absolute atomic E-state index is 12.3. The molecule has 24 heavy (non-hydrogen) atoms. The van der Waals surface area contributed by atoms with Gasteiger partial charge in [-0.1, -0.05) is 18.2 Å². The summed E-state index contributed by atoms with van der Waals surface area (Å²) in [5.41, 5.74) is 0. The van der Waals surface area contributed by atoms with E-state index in [9.17, 15) is 8.42 Å². The van der Waals surface area contributed by atoms with Gasteiger partial charge in [-0.2, -0.15) is 4.31 Å². The van der Waals surface area contributed by atoms with Gasteiger partial charge in [-0.25, -0.2) is 8.42 Å². The third-order valence-corrected chi connectivity index (χ3v) is 6.77. The van der Waals surface area contributed by atoms with Crippen molar-refractivity contribution < 1.29 is 8.42 Å². The number of likely N-dealkylation sites (N-methyl/N-ethyl adjacent to an activating group) is 1. The molecule has 0 amide bonds. The number of nitrogens with one attached hydrogen (secondary N) is 2. The summed E-state index contributed by atoms with van der Waals surface area (Å²) in [5.74, 6) is 0.739. The van der Waals surface area contributed by atoms with E-state index in [1.807, 2.05) is 6.92 Å². The van der Waals surface area contributed by atoms with Crippen LogP contribution in [0.4, 0.5) is 0 Å². The molecule has 2 N–H and O–H groups in total. The van der Waals surface area contributed by atoms with Crippen LogP contribution in [0.2, 0.25) is 0 Å². The van der Waals surface area contributed by atoms with Gasteiger partial charge >= 0.3 is 0 Å². The average molecular weight is 484 g/mol. The van der Waals surface area contributed by atoms with Gasteiger partial charge in [0.2, 0.25) is 0 Å². The van der Waals surface area contributed by atoms with Crippen molar-refractivity contribution in [3.63, 3.8) is 0 Å². The Balaban J connectivity index is 0.00000288. The predicted molar refractivity (Wildman–Crippen MR) is 111 cm³/mol. The third-order valence-electron chi connectivity index (χ3n) is 3.54. The van der Waals surface area contributed by atoms with Gasteiger partial charge in [0.1, 0.15) is 4.21 Å². The molecule has 0 saturated heterocycles. The van der Waals surface area contributed by atoms with Crippen LogP contribution >= 0.6 is 35.3 Å². The number of guanidine groups is 1. The topological polar surface area (TPSA) is 73.8 Å². The quantitative estimate of drug-likeness (QED) is 0.270. The van der Waals surface area contributed by atoms with Crippen LogP contribution in [-0.2, 0) is 10.0 Å². The molecule has 2 rings (SSSR count). The molecule has 0 spiro atoms. The predicted octanol–water partition coefficient (Wildman–Crippen LogP) is 2.26. The van der Waals surface area contributed by atoms with Crippen LogP contribution in [0.3, 0.4) is 0 Å². The Morgan fingerprint density at radius 3 is 2.71 bits per heavy atom. The van der Waals surface area contributed by atoms with Crippen LogP contribution in [0, 0.1) is 0 Å². The van der Waals surface area contributed by atoms with Crippen molar-refractivity contribution in [2.45, 2.75) is 30.0 Å². The summed E-state index contributed by atoms with van der Waals surface area (Å²) in [6, 6.07) is 3.74. The number of aliphatic imine (C=N–C) groups is 1. The second-order valence-corrected chi connectivity index (χ2v) is 8.52. The Morgan fingerprint density at radius 2 is 2.12 bits per heavy atom. The smallest absolute Gasteiger partial charge is 0.252 e. The van der Waals surface area contributed by atoms with E-state index in [1.165, 1.54) is 15.6 Å². The molecule has 1 aromatic heterocycles. The number of rotatable bonds is 7. The Bertz CT molecular complexity index is 636. The average Bonchev–Trinajstić information content (AvgIpc) is 3.20. The minimum Gasteiger partial charge on any atom is -0.357 e. The highest BCUT2D eigenvalue weighted by Gasteiger charge is 2.21. The highest BCUT2D eigenvalue weighted by atomic mass is 127. The summed E-state index contributed by atoms with van der Waals surface area (Å²) in [6.45, 7) is 3.54. The minimum absolute atomic E-state index is 0. The van der Waals surface area contributed by atoms with E-state index < -0.39 is 10.0 Å². The summed E-state index contributed by atoms with van der Waals surface area (Å²) in [5, 5.41) is 8.33. The van der Waals surface area contributed by atoms with Crippen LogP contribution in [0.25, 0.3) is 0 Å². The maximum Gasteiger partial charge on any atom is 0.252 e. The zero-order valence-electron chi connectivity index (χ0n) is 13.9. The Labute approximate surface area is 165 Å². The molecule has 9 heteroatoms. The fraction of sp³-hybridized carbons (Fsp3) is 0.533. The van der Waals surface area contributed by atoms with Crippen LogP contribution < -0.4 is 10.6 Å². The summed E-state index contributed by atoms with van der Waals surface area (Å²) >= 11 is 1.23. The molecule has 136 valence electrons. The zero-order valence-corrected chi connectivity index (χ0v) is 17.9. The Hall–Kier alpha value is -0.650. The monoisotopic (exact) mass is 484 g/mol. The molecule has 0 aromatic carbocycles. The molecule has 0 unspecified atom stereocenters. The number of thiophene rings is 1. The van der Waals surface area contributed by atoms with Crippen molar-refractivity contribution in [1.29, 1.82) is 0 Å². The van der Waals surface area contributed by atoms with Crippen LogP contribution in [0.1, 0.15) is 19.8 Å². The summed E-state index contributed by atoms with van der Waals surface area (Å²) in [4.78, 5) is 4.48. The van der Waals surface area contributed by atoms with Crippen molar-refractivity contribution in [2.24, 2.45) is 4.99 Å². The highest BCUT2D eigenvalue weighted by Crippen LogP contribution is 2.19. The van der Waals surface area contributed by atoms with Crippen molar-refractivity contribution in [3.05, 3.63) is 29.7 Å². The molecule has 0 atom stereocenters. The van der Waals surface area contributed by atoms with Crippen molar-refractivity contribution in [1.82, 2.24) is 14.9 Å². The van der Waals surface area contributed by atoms with E-state index in [1.54, 1.807) is 24.6 Å². The molecule has 0 bridgehead atoms. The van der Waals surface area contributed by atoms with E-state index in [2.05, 4.69) is 27.8 Å². The van der Waals surface area contributed by atoms with Gasteiger partial charge in [-0.05, 0) is 31.2 Å². The first-order chi connectivity index (χ1) is 11.0. The number of hydrogen-bond acceptors (Lipinski definition) is 4. The Morgan fingerprint density at radius 1 is 1.42 bits per heavy atom. The summed E-state index contributed by atoms with van der Waals surface area (Å²) in [6.07, 6.45) is 6.30. The van der Waals surface area contributed by atoms with E-state index in [0.29, 0.717) is 23.3 Å². The van der Waals surface area contributed by atoms with E-state index in [4.69, 9.17) is 0 Å². The molecule has 0 radical (unpaired) electrons. The lowest BCUT2D eigenvalue weighted by Gasteiger charge is -2.18. The van der Waals surface area contributed by atoms with Gasteiger partial charge in [0, 0.05) is 26.2 Å². The molecule has 1 aromatic rings. The standard InChI is InChI=1S/C15H24N4O2S2.HI/c1-3-16-15(18-13-7-4-5-8-13)17-10-11-19(2)23(20,21)14-9-6-12-22-14;/h4-6,9,12-13H,3,7-8,10-11H2,1-2H3,(H2,16,17,18);1H. The van der Waals surface area contributed by atoms with Crippen LogP contribution in [0.5, 0.6) is 0 Å². The van der Waals surface area contributed by atoms with Crippen molar-refractivity contribution in [2.75, 3.05) is 26.7 Å². The van der Waals surface area contributed by atoms with Crippen molar-refractivity contribution >= 4 is 51.3 Å². The number of sulfonamides is 1. The highest BCUT2D eigenvalue weighted by molar-refractivity contribution is 14.0. The second-order valence-electron chi connectivity index (χ2n) is 5.30. The van der Waals surface area contributed by atoms with Gasteiger partial charge in [0.15, 0.2) is 5.96 Å². The van der Waals surface area contributed by atoms with E-state index in [-0.39, 0.29) is 24.0 Å². The zero-order chi connectivity index (χ0) is 16.7. The van der Waals surface area contributed by atoms with E-state index in [0.717, 1.165) is 25.3 Å². The molecular weight excluding hydrogens is 459 g/mol. The summed E-state index contributed by atoms with van der Waals surface area (Å²) < 4.78 is 26.4. The number of hydrogen-bond donors (Lipinski definition) is 2. The van der Waals surface area contributed by atoms with Gasteiger partial charge in [0.25, 0.3) is 10.0 Å². The molecule has 1 aliphatic rings. The molecule has 1 heterocycles. The SMILES string of the molecule is CCNC(=NCCN(C)S(=O)(=O)c1cccs1)NC1CC=CC1.I. The molecule has 0 fully saturated rings. The normalized spacial score (nSPS) is 15.5. The molecule has 6 nitrogen and oxygen atoms in total. The molecule has 1 aliphatic carbocycles. The first-order valence-corrected chi connectivity index (χ1v) is 10.1. The molecule has 0 aliphatic heterocycles. The van der Waals surface area contributed by atoms with Crippen molar-refractivity contribution in [3.8, 4) is 0 Å². The summed E-state index contributed by atoms with van der Waals surface area (Å²) in [7, 11) is -1.81. The number of halogens is 1. The third kappa shape index (κ3) is 6.01. The van der Waals surface area contributed by atoms with Crippen LogP contribution in [0.15, 0.2) is 38.9 Å². The lowest BCUT2D eigenvalue weighted by molar-refractivity contribution is 0.478. The first-order valence-electron chi connectivity index (χ1n) is 7.73. The van der Waals surface area contributed by atoms with Gasteiger partial charge in [0.05, 0.1) is 6.54 Å². The fourth-order valence-electron chi connectivity index (χ4n) is 2.24. The lowest BCUT2D eigenvalue weighted by Crippen LogP contribution is -2.43. The second kappa shape index (κ2) is 10.4. The van der Waals surface area contributed by atoms with Crippen LogP contribution in [-0.4, -0.2) is 51.4 Å². The van der Waals surface area contributed by atoms with Gasteiger partial charge in [-0.3, -0.25) is 4.99 Å². The minimum atomic E-state index is -3.40. The first kappa shape index (κ1) is 21.4. The fourth-order valence-corrected chi connectivity index (χ4v) is 4.60. The van der Waals surface area contributed by atoms with Gasteiger partial charge in [-0.15, -0.1) is 35.3 Å². The van der Waals surface area contributed by atoms with E-state index >= 15 is 0 Å². The lowest BCUT2D eigenvalue weighted by atomic mass is 10.2. The Kier molecular flexibility index (Phi) is 9.24. The maximum atomic E-state index is 12.3. The largest absolute Gasteiger partial charge is 0.357 e.